The molecule has 0 atom stereocenters. The summed E-state index contributed by atoms with van der Waals surface area (Å²) >= 11 is 0. The normalized spacial score (nSPS) is 11.6. The third-order valence-electron chi connectivity index (χ3n) is 1.05. The van der Waals surface area contributed by atoms with E-state index in [1.165, 1.54) is 0 Å². The zero-order chi connectivity index (χ0) is 9.35. The molecule has 1 aromatic rings. The fraction of sp³-hybridized carbons (Fsp3) is 0.200. The summed E-state index contributed by atoms with van der Waals surface area (Å²) in [5.74, 6) is -2.28. The standard InChI is InChI=1S/C5H2F3NO3/c6-5(7,8)3-1-2-4(12-3)9(10)11/h1-2H. The van der Waals surface area contributed by atoms with Crippen molar-refractivity contribution in [3.8, 4) is 0 Å². The van der Waals surface area contributed by atoms with Gasteiger partial charge in [-0.15, -0.1) is 0 Å². The first-order chi connectivity index (χ1) is 5.41. The van der Waals surface area contributed by atoms with E-state index < -0.39 is 22.7 Å². The Morgan fingerprint density at radius 3 is 2.25 bits per heavy atom. The Hall–Kier alpha value is -1.53. The molecular weight excluding hydrogens is 179 g/mol. The second kappa shape index (κ2) is 2.50. The molecule has 0 saturated carbocycles. The van der Waals surface area contributed by atoms with Crippen molar-refractivity contribution in [1.82, 2.24) is 0 Å². The highest BCUT2D eigenvalue weighted by molar-refractivity contribution is 5.19. The van der Waals surface area contributed by atoms with Crippen LogP contribution in [0.5, 0.6) is 0 Å². The first kappa shape index (κ1) is 8.57. The molecule has 0 amide bonds. The van der Waals surface area contributed by atoms with Crippen LogP contribution < -0.4 is 0 Å². The van der Waals surface area contributed by atoms with Gasteiger partial charge in [0.25, 0.3) is 0 Å². The molecule has 1 rings (SSSR count). The molecule has 12 heavy (non-hydrogen) atoms. The van der Waals surface area contributed by atoms with Gasteiger partial charge < -0.3 is 4.42 Å². The summed E-state index contributed by atoms with van der Waals surface area (Å²) in [4.78, 5) is 8.85. The van der Waals surface area contributed by atoms with Crippen molar-refractivity contribution in [2.24, 2.45) is 0 Å². The fourth-order valence-electron chi connectivity index (χ4n) is 0.578. The maximum Gasteiger partial charge on any atom is 0.449 e. The molecule has 1 heterocycles. The molecule has 0 spiro atoms. The number of furan rings is 1. The predicted molar refractivity (Wildman–Crippen MR) is 30.4 cm³/mol. The maximum atomic E-state index is 11.7. The Bertz CT molecular complexity index is 303. The minimum atomic E-state index is -4.67. The van der Waals surface area contributed by atoms with Gasteiger partial charge in [0, 0.05) is 0 Å². The van der Waals surface area contributed by atoms with Crippen LogP contribution in [-0.2, 0) is 6.18 Å². The summed E-state index contributed by atoms with van der Waals surface area (Å²) in [5.41, 5.74) is 0. The third-order valence-corrected chi connectivity index (χ3v) is 1.05. The molecule has 0 unspecified atom stereocenters. The minimum absolute atomic E-state index is 0.512. The number of nitro groups is 1. The van der Waals surface area contributed by atoms with Gasteiger partial charge in [0.05, 0.1) is 6.07 Å². The van der Waals surface area contributed by atoms with Crippen LogP contribution in [0.2, 0.25) is 0 Å². The zero-order valence-electron chi connectivity index (χ0n) is 5.46. The van der Waals surface area contributed by atoms with Crippen molar-refractivity contribution in [3.63, 3.8) is 0 Å². The van der Waals surface area contributed by atoms with Gasteiger partial charge in [0.1, 0.15) is 4.92 Å². The summed E-state index contributed by atoms with van der Waals surface area (Å²) in [7, 11) is 0. The van der Waals surface area contributed by atoms with Gasteiger partial charge in [-0.25, -0.2) is 0 Å². The number of hydrogen-bond acceptors (Lipinski definition) is 3. The average Bonchev–Trinajstić information content (AvgIpc) is 2.30. The molecule has 0 fully saturated rings. The molecule has 7 heteroatoms. The van der Waals surface area contributed by atoms with Crippen LogP contribution in [0.15, 0.2) is 16.5 Å². The van der Waals surface area contributed by atoms with Crippen LogP contribution in [0.1, 0.15) is 5.76 Å². The van der Waals surface area contributed by atoms with Crippen LogP contribution in [0, 0.1) is 10.1 Å². The molecule has 0 aromatic carbocycles. The highest BCUT2D eigenvalue weighted by atomic mass is 19.4. The smallest absolute Gasteiger partial charge is 0.396 e. The number of alkyl halides is 3. The van der Waals surface area contributed by atoms with E-state index in [2.05, 4.69) is 4.42 Å². The highest BCUT2D eigenvalue weighted by Gasteiger charge is 2.36. The Kier molecular flexibility index (Phi) is 1.79. The highest BCUT2D eigenvalue weighted by Crippen LogP contribution is 2.32. The lowest BCUT2D eigenvalue weighted by atomic mass is 10.4. The third kappa shape index (κ3) is 1.55. The monoisotopic (exact) mass is 181 g/mol. The summed E-state index contributed by atoms with van der Waals surface area (Å²) in [5, 5.41) is 9.89. The summed E-state index contributed by atoms with van der Waals surface area (Å²) in [6.07, 6.45) is -4.67. The average molecular weight is 181 g/mol. The Morgan fingerprint density at radius 2 is 2.00 bits per heavy atom. The van der Waals surface area contributed by atoms with Gasteiger partial charge >= 0.3 is 12.1 Å². The van der Waals surface area contributed by atoms with E-state index in [-0.39, 0.29) is 0 Å². The number of hydrogen-bond donors (Lipinski definition) is 0. The summed E-state index contributed by atoms with van der Waals surface area (Å²) in [6.45, 7) is 0. The first-order valence-corrected chi connectivity index (χ1v) is 2.72. The summed E-state index contributed by atoms with van der Waals surface area (Å²) in [6, 6.07) is 1.17. The largest absolute Gasteiger partial charge is 0.449 e. The molecule has 0 radical (unpaired) electrons. The lowest BCUT2D eigenvalue weighted by Gasteiger charge is -1.98. The van der Waals surface area contributed by atoms with E-state index in [0.717, 1.165) is 0 Å². The van der Waals surface area contributed by atoms with Crippen molar-refractivity contribution < 1.29 is 22.5 Å². The van der Waals surface area contributed by atoms with Gasteiger partial charge in [-0.1, -0.05) is 0 Å². The zero-order valence-corrected chi connectivity index (χ0v) is 5.46. The minimum Gasteiger partial charge on any atom is -0.396 e. The van der Waals surface area contributed by atoms with Crippen LogP contribution in [0.3, 0.4) is 0 Å². The molecule has 0 aliphatic carbocycles. The van der Waals surface area contributed by atoms with E-state index in [1.807, 2.05) is 0 Å². The second-order valence-corrected chi connectivity index (χ2v) is 1.89. The van der Waals surface area contributed by atoms with E-state index >= 15 is 0 Å². The fourth-order valence-corrected chi connectivity index (χ4v) is 0.578. The number of nitrogens with zero attached hydrogens (tertiary/aromatic N) is 1. The van der Waals surface area contributed by atoms with E-state index in [0.29, 0.717) is 12.1 Å². The van der Waals surface area contributed by atoms with Crippen LogP contribution >= 0.6 is 0 Å². The molecule has 0 aliphatic rings. The molecule has 0 N–H and O–H groups in total. The Morgan fingerprint density at radius 1 is 1.42 bits per heavy atom. The van der Waals surface area contributed by atoms with Gasteiger partial charge in [-0.3, -0.25) is 10.1 Å². The lowest BCUT2D eigenvalue weighted by molar-refractivity contribution is -0.403. The van der Waals surface area contributed by atoms with Crippen LogP contribution in [-0.4, -0.2) is 4.92 Å². The molecular formula is C5H2F3NO3. The van der Waals surface area contributed by atoms with Crippen LogP contribution in [0.4, 0.5) is 19.1 Å². The molecule has 66 valence electrons. The van der Waals surface area contributed by atoms with E-state index in [1.54, 1.807) is 0 Å². The van der Waals surface area contributed by atoms with Crippen molar-refractivity contribution in [3.05, 3.63) is 28.0 Å². The first-order valence-electron chi connectivity index (χ1n) is 2.72. The molecule has 4 nitrogen and oxygen atoms in total. The van der Waals surface area contributed by atoms with E-state index in [4.69, 9.17) is 0 Å². The SMILES string of the molecule is O=[N+]([O-])c1ccc(C(F)(F)F)o1. The van der Waals surface area contributed by atoms with Crippen molar-refractivity contribution in [2.45, 2.75) is 6.18 Å². The Balaban J connectivity index is 3.00. The second-order valence-electron chi connectivity index (χ2n) is 1.89. The quantitative estimate of drug-likeness (QED) is 0.492. The van der Waals surface area contributed by atoms with Crippen molar-refractivity contribution >= 4 is 5.88 Å². The van der Waals surface area contributed by atoms with Crippen molar-refractivity contribution in [2.75, 3.05) is 0 Å². The number of halogens is 3. The van der Waals surface area contributed by atoms with Crippen LogP contribution in [0.25, 0.3) is 0 Å². The van der Waals surface area contributed by atoms with Gasteiger partial charge in [0.15, 0.2) is 0 Å². The van der Waals surface area contributed by atoms with E-state index in [9.17, 15) is 23.3 Å². The summed E-state index contributed by atoms with van der Waals surface area (Å²) < 4.78 is 39.1. The topological polar surface area (TPSA) is 56.3 Å². The van der Waals surface area contributed by atoms with Gasteiger partial charge in [-0.2, -0.15) is 13.2 Å². The lowest BCUT2D eigenvalue weighted by Crippen LogP contribution is -2.02. The maximum absolute atomic E-state index is 11.7. The Labute approximate surface area is 63.7 Å². The molecule has 1 aromatic heterocycles. The predicted octanol–water partition coefficient (Wildman–Crippen LogP) is 2.21. The molecule has 0 aliphatic heterocycles. The molecule has 0 saturated heterocycles. The molecule has 0 bridgehead atoms. The number of rotatable bonds is 1. The van der Waals surface area contributed by atoms with Crippen molar-refractivity contribution in [1.29, 1.82) is 0 Å². The van der Waals surface area contributed by atoms with Gasteiger partial charge in [0.2, 0.25) is 5.76 Å². The van der Waals surface area contributed by atoms with Gasteiger partial charge in [-0.05, 0) is 6.07 Å².